The van der Waals surface area contributed by atoms with Crippen LogP contribution in [0.3, 0.4) is 0 Å². The molecule has 1 N–H and O–H groups in total. The molecule has 0 unspecified atom stereocenters. The predicted octanol–water partition coefficient (Wildman–Crippen LogP) is 3.95. The van der Waals surface area contributed by atoms with Gasteiger partial charge in [0.1, 0.15) is 5.75 Å². The molecule has 0 fully saturated rings. The van der Waals surface area contributed by atoms with Crippen molar-refractivity contribution in [2.45, 2.75) is 13.1 Å². The van der Waals surface area contributed by atoms with Gasteiger partial charge in [0.05, 0.1) is 11.1 Å². The van der Waals surface area contributed by atoms with Gasteiger partial charge in [-0.05, 0) is 31.2 Å². The van der Waals surface area contributed by atoms with Crippen LogP contribution in [0.15, 0.2) is 42.5 Å². The highest BCUT2D eigenvalue weighted by atomic mass is 19.4. The number of phenolic OH excluding ortho intramolecular Hbond substituents is 1. The van der Waals surface area contributed by atoms with E-state index >= 15 is 0 Å². The number of hydrogen-bond donors (Lipinski definition) is 1. The van der Waals surface area contributed by atoms with Crippen LogP contribution in [-0.4, -0.2) is 10.9 Å². The maximum absolute atomic E-state index is 12.6. The SMILES string of the molecule is Cc1ccc(O)c(C(=O)c2cccc(C(F)(F)F)c2)c1. The molecule has 0 aliphatic heterocycles. The summed E-state index contributed by atoms with van der Waals surface area (Å²) in [5.41, 5.74) is -0.279. The fourth-order valence-corrected chi connectivity index (χ4v) is 1.82. The summed E-state index contributed by atoms with van der Waals surface area (Å²) in [7, 11) is 0. The largest absolute Gasteiger partial charge is 0.507 e. The van der Waals surface area contributed by atoms with E-state index < -0.39 is 17.5 Å². The van der Waals surface area contributed by atoms with Crippen molar-refractivity contribution in [1.82, 2.24) is 0 Å². The molecule has 2 aromatic rings. The second-order valence-electron chi connectivity index (χ2n) is 4.43. The zero-order valence-corrected chi connectivity index (χ0v) is 10.5. The van der Waals surface area contributed by atoms with Crippen LogP contribution in [0.4, 0.5) is 13.2 Å². The maximum Gasteiger partial charge on any atom is 0.416 e. The van der Waals surface area contributed by atoms with Crippen molar-refractivity contribution in [2.75, 3.05) is 0 Å². The van der Waals surface area contributed by atoms with Crippen LogP contribution in [0.2, 0.25) is 0 Å². The normalized spacial score (nSPS) is 11.4. The van der Waals surface area contributed by atoms with E-state index in [1.807, 2.05) is 0 Å². The average Bonchev–Trinajstić information content (AvgIpc) is 2.40. The molecule has 0 heterocycles. The number of carbonyl (C=O) groups excluding carboxylic acids is 1. The molecule has 0 radical (unpaired) electrons. The van der Waals surface area contributed by atoms with E-state index in [1.165, 1.54) is 24.3 Å². The fourth-order valence-electron chi connectivity index (χ4n) is 1.82. The zero-order valence-electron chi connectivity index (χ0n) is 10.5. The molecule has 0 aliphatic carbocycles. The quantitative estimate of drug-likeness (QED) is 0.846. The minimum absolute atomic E-state index is 0.00988. The van der Waals surface area contributed by atoms with E-state index in [2.05, 4.69) is 0 Å². The van der Waals surface area contributed by atoms with Gasteiger partial charge < -0.3 is 5.11 Å². The Balaban J connectivity index is 2.46. The molecule has 0 atom stereocenters. The Bertz CT molecular complexity index is 660. The lowest BCUT2D eigenvalue weighted by molar-refractivity contribution is -0.137. The van der Waals surface area contributed by atoms with Crippen LogP contribution in [0, 0.1) is 6.92 Å². The molecule has 0 amide bonds. The Labute approximate surface area is 113 Å². The Hall–Kier alpha value is -2.30. The van der Waals surface area contributed by atoms with E-state index in [0.717, 1.165) is 17.7 Å². The molecule has 20 heavy (non-hydrogen) atoms. The number of ketones is 1. The third kappa shape index (κ3) is 2.82. The van der Waals surface area contributed by atoms with E-state index in [1.54, 1.807) is 13.0 Å². The van der Waals surface area contributed by atoms with Crippen LogP contribution < -0.4 is 0 Å². The first kappa shape index (κ1) is 14.1. The van der Waals surface area contributed by atoms with Crippen molar-refractivity contribution in [1.29, 1.82) is 0 Å². The molecule has 2 nitrogen and oxygen atoms in total. The molecule has 2 rings (SSSR count). The van der Waals surface area contributed by atoms with Crippen molar-refractivity contribution in [3.63, 3.8) is 0 Å². The van der Waals surface area contributed by atoms with Gasteiger partial charge in [0.2, 0.25) is 0 Å². The lowest BCUT2D eigenvalue weighted by Gasteiger charge is -2.09. The Morgan fingerprint density at radius 2 is 1.80 bits per heavy atom. The summed E-state index contributed by atoms with van der Waals surface area (Å²) in [6, 6.07) is 8.53. The van der Waals surface area contributed by atoms with E-state index in [-0.39, 0.29) is 16.9 Å². The highest BCUT2D eigenvalue weighted by Crippen LogP contribution is 2.30. The highest BCUT2D eigenvalue weighted by Gasteiger charge is 2.31. The number of rotatable bonds is 2. The van der Waals surface area contributed by atoms with E-state index in [9.17, 15) is 23.1 Å². The molecular weight excluding hydrogens is 269 g/mol. The van der Waals surface area contributed by atoms with Gasteiger partial charge in [-0.3, -0.25) is 4.79 Å². The Kier molecular flexibility index (Phi) is 3.53. The number of aryl methyl sites for hydroxylation is 1. The summed E-state index contributed by atoms with van der Waals surface area (Å²) in [5.74, 6) is -0.893. The third-order valence-electron chi connectivity index (χ3n) is 2.85. The van der Waals surface area contributed by atoms with Gasteiger partial charge in [-0.25, -0.2) is 0 Å². The first-order chi connectivity index (χ1) is 9.29. The summed E-state index contributed by atoms with van der Waals surface area (Å²) < 4.78 is 37.8. The smallest absolute Gasteiger partial charge is 0.416 e. The lowest BCUT2D eigenvalue weighted by atomic mass is 9.99. The van der Waals surface area contributed by atoms with Crippen LogP contribution >= 0.6 is 0 Å². The molecule has 5 heteroatoms. The number of hydrogen-bond acceptors (Lipinski definition) is 2. The summed E-state index contributed by atoms with van der Waals surface area (Å²) in [4.78, 5) is 12.2. The summed E-state index contributed by atoms with van der Waals surface area (Å²) in [6.07, 6.45) is -4.51. The lowest BCUT2D eigenvalue weighted by Crippen LogP contribution is -2.08. The summed E-state index contributed by atoms with van der Waals surface area (Å²) in [6.45, 7) is 1.72. The summed E-state index contributed by atoms with van der Waals surface area (Å²) >= 11 is 0. The van der Waals surface area contributed by atoms with Gasteiger partial charge >= 0.3 is 6.18 Å². The van der Waals surface area contributed by atoms with Crippen molar-refractivity contribution < 1.29 is 23.1 Å². The minimum Gasteiger partial charge on any atom is -0.507 e. The first-order valence-corrected chi connectivity index (χ1v) is 5.80. The van der Waals surface area contributed by atoms with Crippen LogP contribution in [-0.2, 0) is 6.18 Å². The molecule has 2 aromatic carbocycles. The third-order valence-corrected chi connectivity index (χ3v) is 2.85. The van der Waals surface area contributed by atoms with E-state index in [4.69, 9.17) is 0 Å². The van der Waals surface area contributed by atoms with Gasteiger partial charge in [-0.1, -0.05) is 23.8 Å². The highest BCUT2D eigenvalue weighted by molar-refractivity contribution is 6.10. The van der Waals surface area contributed by atoms with Crippen LogP contribution in [0.5, 0.6) is 5.75 Å². The monoisotopic (exact) mass is 280 g/mol. The number of alkyl halides is 3. The standard InChI is InChI=1S/C15H11F3O2/c1-9-5-6-13(19)12(7-9)14(20)10-3-2-4-11(8-10)15(16,17)18/h2-8,19H,1H3. The molecule has 0 aromatic heterocycles. The Morgan fingerprint density at radius 1 is 1.10 bits per heavy atom. The van der Waals surface area contributed by atoms with Gasteiger partial charge in [0, 0.05) is 5.56 Å². The number of aromatic hydroxyl groups is 1. The zero-order chi connectivity index (χ0) is 14.9. The second kappa shape index (κ2) is 5.00. The Morgan fingerprint density at radius 3 is 2.45 bits per heavy atom. The van der Waals surface area contributed by atoms with Gasteiger partial charge in [-0.2, -0.15) is 13.2 Å². The van der Waals surface area contributed by atoms with Crippen molar-refractivity contribution in [3.05, 3.63) is 64.7 Å². The van der Waals surface area contributed by atoms with Crippen molar-refractivity contribution in [3.8, 4) is 5.75 Å². The molecule has 104 valence electrons. The number of halogens is 3. The molecule has 0 aliphatic rings. The van der Waals surface area contributed by atoms with E-state index in [0.29, 0.717) is 0 Å². The minimum atomic E-state index is -4.51. The predicted molar refractivity (Wildman–Crippen MR) is 67.7 cm³/mol. The molecule has 0 bridgehead atoms. The van der Waals surface area contributed by atoms with Crippen LogP contribution in [0.25, 0.3) is 0 Å². The molecule has 0 saturated carbocycles. The fraction of sp³-hybridized carbons (Fsp3) is 0.133. The van der Waals surface area contributed by atoms with Gasteiger partial charge in [0.25, 0.3) is 0 Å². The molecular formula is C15H11F3O2. The van der Waals surface area contributed by atoms with Gasteiger partial charge in [-0.15, -0.1) is 0 Å². The topological polar surface area (TPSA) is 37.3 Å². The molecule has 0 spiro atoms. The summed E-state index contributed by atoms with van der Waals surface area (Å²) in [5, 5.41) is 9.65. The second-order valence-corrected chi connectivity index (χ2v) is 4.43. The number of benzene rings is 2. The van der Waals surface area contributed by atoms with Crippen molar-refractivity contribution >= 4 is 5.78 Å². The average molecular weight is 280 g/mol. The number of phenols is 1. The molecule has 0 saturated heterocycles. The van der Waals surface area contributed by atoms with Gasteiger partial charge in [0.15, 0.2) is 5.78 Å². The van der Waals surface area contributed by atoms with Crippen molar-refractivity contribution in [2.24, 2.45) is 0 Å². The van der Waals surface area contributed by atoms with Crippen LogP contribution in [0.1, 0.15) is 27.0 Å². The maximum atomic E-state index is 12.6. The number of carbonyl (C=O) groups is 1. The first-order valence-electron chi connectivity index (χ1n) is 5.80.